The van der Waals surface area contributed by atoms with Crippen LogP contribution in [0.1, 0.15) is 27.4 Å². The lowest BCUT2D eigenvalue weighted by atomic mass is 10.2. The second-order valence-electron chi connectivity index (χ2n) is 6.84. The highest BCUT2D eigenvalue weighted by Gasteiger charge is 2.25. The van der Waals surface area contributed by atoms with Gasteiger partial charge in [-0.15, -0.1) is 11.3 Å². The Hall–Kier alpha value is -2.45. The van der Waals surface area contributed by atoms with Gasteiger partial charge in [0.1, 0.15) is 22.7 Å². The Balaban J connectivity index is 1.61. The largest absolute Gasteiger partial charge is 0.467 e. The van der Waals surface area contributed by atoms with E-state index in [4.69, 9.17) is 4.42 Å². The van der Waals surface area contributed by atoms with Crippen LogP contribution in [0.25, 0.3) is 10.2 Å². The molecule has 0 unspecified atom stereocenters. The number of carbonyl (C=O) groups is 1. The van der Waals surface area contributed by atoms with E-state index in [1.807, 2.05) is 24.0 Å². The molecule has 142 valence electrons. The van der Waals surface area contributed by atoms with Crippen LogP contribution in [0.3, 0.4) is 0 Å². The van der Waals surface area contributed by atoms with Crippen molar-refractivity contribution in [3.63, 3.8) is 0 Å². The number of hydrogen-bond acceptors (Lipinski definition) is 7. The van der Waals surface area contributed by atoms with Gasteiger partial charge in [-0.1, -0.05) is 0 Å². The van der Waals surface area contributed by atoms with Crippen molar-refractivity contribution in [1.82, 2.24) is 19.8 Å². The van der Waals surface area contributed by atoms with Crippen LogP contribution in [-0.4, -0.2) is 58.9 Å². The Morgan fingerprint density at radius 1 is 1.30 bits per heavy atom. The van der Waals surface area contributed by atoms with E-state index in [0.717, 1.165) is 64.8 Å². The fraction of sp³-hybridized carbons (Fsp3) is 0.421. The van der Waals surface area contributed by atoms with E-state index in [1.165, 1.54) is 17.7 Å². The van der Waals surface area contributed by atoms with E-state index in [9.17, 15) is 4.79 Å². The van der Waals surface area contributed by atoms with Crippen molar-refractivity contribution in [2.24, 2.45) is 0 Å². The Labute approximate surface area is 162 Å². The molecule has 0 aliphatic carbocycles. The van der Waals surface area contributed by atoms with E-state index in [2.05, 4.69) is 27.2 Å². The summed E-state index contributed by atoms with van der Waals surface area (Å²) in [4.78, 5) is 27.7. The average molecular weight is 385 g/mol. The first kappa shape index (κ1) is 17.9. The second-order valence-corrected chi connectivity index (χ2v) is 7.84. The molecule has 7 nitrogen and oxygen atoms in total. The van der Waals surface area contributed by atoms with Gasteiger partial charge in [0, 0.05) is 19.6 Å². The van der Waals surface area contributed by atoms with Crippen molar-refractivity contribution in [2.45, 2.75) is 19.9 Å². The van der Waals surface area contributed by atoms with E-state index >= 15 is 0 Å². The molecule has 0 spiro atoms. The molecule has 27 heavy (non-hydrogen) atoms. The van der Waals surface area contributed by atoms with Gasteiger partial charge in [0.25, 0.3) is 5.91 Å². The summed E-state index contributed by atoms with van der Waals surface area (Å²) in [5.74, 6) is 1.67. The van der Waals surface area contributed by atoms with Crippen molar-refractivity contribution < 1.29 is 9.21 Å². The third-order valence-electron chi connectivity index (χ3n) is 4.94. The number of hydrogen-bond donors (Lipinski definition) is 1. The van der Waals surface area contributed by atoms with E-state index in [0.29, 0.717) is 6.54 Å². The molecule has 0 saturated carbocycles. The SMILES string of the molecule is Cc1c(C(=O)N2CCCN(C)CC2)sc2ncnc(NCc3ccco3)c12. The van der Waals surface area contributed by atoms with Crippen LogP contribution in [0.15, 0.2) is 29.1 Å². The molecule has 1 saturated heterocycles. The number of furan rings is 1. The lowest BCUT2D eigenvalue weighted by molar-refractivity contribution is 0.0767. The Bertz CT molecular complexity index is 937. The van der Waals surface area contributed by atoms with Crippen LogP contribution in [0.5, 0.6) is 0 Å². The molecule has 0 atom stereocenters. The number of rotatable bonds is 4. The van der Waals surface area contributed by atoms with Gasteiger partial charge in [0.15, 0.2) is 0 Å². The molecule has 0 bridgehead atoms. The first-order valence-corrected chi connectivity index (χ1v) is 9.93. The topological polar surface area (TPSA) is 74.5 Å². The lowest BCUT2D eigenvalue weighted by Crippen LogP contribution is -2.34. The van der Waals surface area contributed by atoms with Crippen LogP contribution < -0.4 is 5.32 Å². The zero-order valence-electron chi connectivity index (χ0n) is 15.6. The fourth-order valence-electron chi connectivity index (χ4n) is 3.39. The van der Waals surface area contributed by atoms with Gasteiger partial charge in [-0.2, -0.15) is 0 Å². The second kappa shape index (κ2) is 7.66. The minimum absolute atomic E-state index is 0.0998. The third-order valence-corrected chi connectivity index (χ3v) is 6.13. The molecular weight excluding hydrogens is 362 g/mol. The summed E-state index contributed by atoms with van der Waals surface area (Å²) >= 11 is 1.45. The molecule has 3 aromatic heterocycles. The summed E-state index contributed by atoms with van der Waals surface area (Å²) in [7, 11) is 2.10. The van der Waals surface area contributed by atoms with Gasteiger partial charge in [-0.3, -0.25) is 4.79 Å². The molecule has 4 heterocycles. The monoisotopic (exact) mass is 385 g/mol. The van der Waals surface area contributed by atoms with Crippen molar-refractivity contribution in [3.05, 3.63) is 40.9 Å². The molecule has 1 fully saturated rings. The molecule has 1 aliphatic heterocycles. The van der Waals surface area contributed by atoms with Crippen LogP contribution >= 0.6 is 11.3 Å². The standard InChI is InChI=1S/C19H23N5O2S/c1-13-15-17(20-11-14-5-3-10-26-14)21-12-22-18(15)27-16(13)19(25)24-7-4-6-23(2)8-9-24/h3,5,10,12H,4,6-9,11H2,1-2H3,(H,20,21,22). The van der Waals surface area contributed by atoms with Gasteiger partial charge < -0.3 is 19.5 Å². The molecule has 0 aromatic carbocycles. The fourth-order valence-corrected chi connectivity index (χ4v) is 4.50. The van der Waals surface area contributed by atoms with Crippen LogP contribution in [0.4, 0.5) is 5.82 Å². The summed E-state index contributed by atoms with van der Waals surface area (Å²) in [6, 6.07) is 3.77. The number of likely N-dealkylation sites (N-methyl/N-ethyl adjacent to an activating group) is 1. The maximum absolute atomic E-state index is 13.1. The first-order valence-electron chi connectivity index (χ1n) is 9.11. The summed E-state index contributed by atoms with van der Waals surface area (Å²) in [6.07, 6.45) is 4.19. The number of aromatic nitrogens is 2. The quantitative estimate of drug-likeness (QED) is 0.744. The highest BCUT2D eigenvalue weighted by molar-refractivity contribution is 7.20. The van der Waals surface area contributed by atoms with Crippen molar-refractivity contribution in [3.8, 4) is 0 Å². The first-order chi connectivity index (χ1) is 13.1. The minimum Gasteiger partial charge on any atom is -0.467 e. The van der Waals surface area contributed by atoms with E-state index < -0.39 is 0 Å². The number of fused-ring (bicyclic) bond motifs is 1. The maximum atomic E-state index is 13.1. The highest BCUT2D eigenvalue weighted by Crippen LogP contribution is 2.34. The molecule has 0 radical (unpaired) electrons. The summed E-state index contributed by atoms with van der Waals surface area (Å²) < 4.78 is 5.37. The number of amides is 1. The molecule has 1 amide bonds. The number of carbonyl (C=O) groups excluding carboxylic acids is 1. The Morgan fingerprint density at radius 2 is 2.19 bits per heavy atom. The van der Waals surface area contributed by atoms with Crippen LogP contribution in [0, 0.1) is 6.92 Å². The highest BCUT2D eigenvalue weighted by atomic mass is 32.1. The number of nitrogens with zero attached hydrogens (tertiary/aromatic N) is 4. The predicted molar refractivity (Wildman–Crippen MR) is 106 cm³/mol. The molecule has 8 heteroatoms. The van der Waals surface area contributed by atoms with Crippen LogP contribution in [0.2, 0.25) is 0 Å². The molecule has 1 N–H and O–H groups in total. The van der Waals surface area contributed by atoms with Gasteiger partial charge in [0.05, 0.1) is 23.1 Å². The van der Waals surface area contributed by atoms with Gasteiger partial charge in [-0.05, 0) is 44.6 Å². The molecule has 3 aromatic rings. The van der Waals surface area contributed by atoms with Gasteiger partial charge >= 0.3 is 0 Å². The smallest absolute Gasteiger partial charge is 0.264 e. The van der Waals surface area contributed by atoms with E-state index in [1.54, 1.807) is 6.26 Å². The van der Waals surface area contributed by atoms with Crippen molar-refractivity contribution in [1.29, 1.82) is 0 Å². The minimum atomic E-state index is 0.0998. The van der Waals surface area contributed by atoms with Crippen LogP contribution in [-0.2, 0) is 6.54 Å². The maximum Gasteiger partial charge on any atom is 0.264 e. The number of anilines is 1. The summed E-state index contributed by atoms with van der Waals surface area (Å²) in [6.45, 7) is 6.02. The lowest BCUT2D eigenvalue weighted by Gasteiger charge is -2.20. The van der Waals surface area contributed by atoms with Crippen molar-refractivity contribution in [2.75, 3.05) is 38.5 Å². The molecule has 1 aliphatic rings. The van der Waals surface area contributed by atoms with Gasteiger partial charge in [0.2, 0.25) is 0 Å². The molecular formula is C19H23N5O2S. The zero-order chi connectivity index (χ0) is 18.8. The van der Waals surface area contributed by atoms with Gasteiger partial charge in [-0.25, -0.2) is 9.97 Å². The Morgan fingerprint density at radius 3 is 3.00 bits per heavy atom. The number of nitrogens with one attached hydrogen (secondary N) is 1. The average Bonchev–Trinajstić information content (AvgIpc) is 3.24. The molecule has 4 rings (SSSR count). The number of aryl methyl sites for hydroxylation is 1. The normalized spacial score (nSPS) is 15.9. The zero-order valence-corrected chi connectivity index (χ0v) is 16.4. The summed E-state index contributed by atoms with van der Waals surface area (Å²) in [5.41, 5.74) is 0.945. The number of thiophene rings is 1. The predicted octanol–water partition coefficient (Wildman–Crippen LogP) is 2.98. The summed E-state index contributed by atoms with van der Waals surface area (Å²) in [5, 5.41) is 4.23. The van der Waals surface area contributed by atoms with Crippen molar-refractivity contribution >= 4 is 33.3 Å². The Kier molecular flexibility index (Phi) is 5.09. The third kappa shape index (κ3) is 3.68. The van der Waals surface area contributed by atoms with E-state index in [-0.39, 0.29) is 5.91 Å².